The first-order valence-corrected chi connectivity index (χ1v) is 6.75. The second kappa shape index (κ2) is 5.18. The van der Waals surface area contributed by atoms with E-state index in [0.717, 1.165) is 12.1 Å². The molecule has 2 rings (SSSR count). The van der Waals surface area contributed by atoms with Crippen LogP contribution in [0.2, 0.25) is 0 Å². The van der Waals surface area contributed by atoms with E-state index in [1.165, 1.54) is 25.7 Å². The third-order valence-electron chi connectivity index (χ3n) is 4.28. The van der Waals surface area contributed by atoms with E-state index in [9.17, 15) is 0 Å². The molecule has 1 aromatic heterocycles. The molecule has 94 valence electrons. The maximum absolute atomic E-state index is 6.42. The van der Waals surface area contributed by atoms with E-state index in [0.29, 0.717) is 11.3 Å². The number of nitrogens with two attached hydrogens (primary N) is 1. The summed E-state index contributed by atoms with van der Waals surface area (Å²) in [5.74, 6) is 0.637. The van der Waals surface area contributed by atoms with E-state index in [1.54, 1.807) is 0 Å². The minimum absolute atomic E-state index is 0.250. The maximum Gasteiger partial charge on any atom is 0.0419 e. The van der Waals surface area contributed by atoms with Gasteiger partial charge in [0.05, 0.1) is 0 Å². The molecule has 2 heteroatoms. The van der Waals surface area contributed by atoms with Crippen molar-refractivity contribution in [1.29, 1.82) is 0 Å². The molecule has 0 spiro atoms. The fraction of sp³-hybridized carbons (Fsp3) is 0.667. The number of pyridine rings is 1. The van der Waals surface area contributed by atoms with E-state index < -0.39 is 0 Å². The minimum atomic E-state index is 0.250. The van der Waals surface area contributed by atoms with Crippen molar-refractivity contribution in [2.45, 2.75) is 52.0 Å². The quantitative estimate of drug-likeness (QED) is 0.869. The van der Waals surface area contributed by atoms with Crippen molar-refractivity contribution in [3.8, 4) is 0 Å². The van der Waals surface area contributed by atoms with Crippen LogP contribution in [0.15, 0.2) is 24.4 Å². The van der Waals surface area contributed by atoms with Crippen molar-refractivity contribution in [1.82, 2.24) is 4.98 Å². The molecule has 0 aliphatic heterocycles. The predicted molar refractivity (Wildman–Crippen MR) is 71.7 cm³/mol. The number of rotatable bonds is 3. The molecule has 17 heavy (non-hydrogen) atoms. The second-order valence-electron chi connectivity index (χ2n) is 6.03. The Morgan fingerprint density at radius 1 is 1.41 bits per heavy atom. The first-order valence-electron chi connectivity index (χ1n) is 6.75. The summed E-state index contributed by atoms with van der Waals surface area (Å²) in [4.78, 5) is 4.38. The Labute approximate surface area is 105 Å². The van der Waals surface area contributed by atoms with Gasteiger partial charge in [-0.1, -0.05) is 32.8 Å². The van der Waals surface area contributed by atoms with Gasteiger partial charge in [-0.25, -0.2) is 0 Å². The Morgan fingerprint density at radius 3 is 2.88 bits per heavy atom. The summed E-state index contributed by atoms with van der Waals surface area (Å²) in [6.07, 6.45) is 8.06. The summed E-state index contributed by atoms with van der Waals surface area (Å²) in [7, 11) is 0. The lowest BCUT2D eigenvalue weighted by Crippen LogP contribution is -2.43. The molecule has 1 heterocycles. The number of hydrogen-bond acceptors (Lipinski definition) is 2. The topological polar surface area (TPSA) is 38.9 Å². The lowest BCUT2D eigenvalue weighted by Gasteiger charge is -2.42. The van der Waals surface area contributed by atoms with Crippen LogP contribution >= 0.6 is 0 Å². The fourth-order valence-electron chi connectivity index (χ4n) is 3.22. The highest BCUT2D eigenvalue weighted by atomic mass is 14.7. The lowest BCUT2D eigenvalue weighted by molar-refractivity contribution is 0.112. The van der Waals surface area contributed by atoms with Gasteiger partial charge < -0.3 is 5.73 Å². The summed E-state index contributed by atoms with van der Waals surface area (Å²) in [5.41, 5.74) is 7.94. The zero-order valence-corrected chi connectivity index (χ0v) is 11.0. The van der Waals surface area contributed by atoms with Gasteiger partial charge in [-0.15, -0.1) is 0 Å². The van der Waals surface area contributed by atoms with Crippen molar-refractivity contribution >= 4 is 0 Å². The highest BCUT2D eigenvalue weighted by Crippen LogP contribution is 2.42. The molecule has 0 saturated heterocycles. The molecule has 0 radical (unpaired) electrons. The molecule has 0 bridgehead atoms. The molecule has 1 aliphatic carbocycles. The van der Waals surface area contributed by atoms with Gasteiger partial charge in [0.1, 0.15) is 0 Å². The van der Waals surface area contributed by atoms with Gasteiger partial charge in [0.2, 0.25) is 0 Å². The third kappa shape index (κ3) is 3.06. The average molecular weight is 232 g/mol. The highest BCUT2D eigenvalue weighted by molar-refractivity contribution is 5.06. The monoisotopic (exact) mass is 232 g/mol. The summed E-state index contributed by atoms with van der Waals surface area (Å²) in [6.45, 7) is 4.74. The van der Waals surface area contributed by atoms with E-state index >= 15 is 0 Å². The van der Waals surface area contributed by atoms with Crippen molar-refractivity contribution in [2.75, 3.05) is 0 Å². The van der Waals surface area contributed by atoms with Crippen molar-refractivity contribution in [3.63, 3.8) is 0 Å². The van der Waals surface area contributed by atoms with Crippen molar-refractivity contribution < 1.29 is 0 Å². The average Bonchev–Trinajstić information content (AvgIpc) is 2.29. The lowest BCUT2D eigenvalue weighted by atomic mass is 9.65. The van der Waals surface area contributed by atoms with Gasteiger partial charge in [0, 0.05) is 24.4 Å². The van der Waals surface area contributed by atoms with E-state index in [1.807, 2.05) is 18.3 Å². The summed E-state index contributed by atoms with van der Waals surface area (Å²) in [5, 5.41) is 0. The number of hydrogen-bond donors (Lipinski definition) is 1. The Morgan fingerprint density at radius 2 is 2.24 bits per heavy atom. The zero-order valence-electron chi connectivity index (χ0n) is 11.0. The van der Waals surface area contributed by atoms with Crippen LogP contribution in [0, 0.1) is 11.3 Å². The van der Waals surface area contributed by atoms with E-state index in [4.69, 9.17) is 5.73 Å². The van der Waals surface area contributed by atoms with Gasteiger partial charge >= 0.3 is 0 Å². The maximum atomic E-state index is 6.42. The van der Waals surface area contributed by atoms with E-state index in [2.05, 4.69) is 24.9 Å². The van der Waals surface area contributed by atoms with Gasteiger partial charge in [0.25, 0.3) is 0 Å². The highest BCUT2D eigenvalue weighted by Gasteiger charge is 2.35. The van der Waals surface area contributed by atoms with Crippen LogP contribution in [-0.4, -0.2) is 11.0 Å². The smallest absolute Gasteiger partial charge is 0.0419 e. The summed E-state index contributed by atoms with van der Waals surface area (Å²) >= 11 is 0. The minimum Gasteiger partial charge on any atom is -0.327 e. The van der Waals surface area contributed by atoms with Crippen LogP contribution in [0.4, 0.5) is 0 Å². The second-order valence-corrected chi connectivity index (χ2v) is 6.03. The standard InChI is InChI=1S/C15H24N2/c1-15(2)9-5-3-8-13(15)14(16)11-12-7-4-6-10-17-12/h4,6-7,10,13-14H,3,5,8-9,11,16H2,1-2H3. The van der Waals surface area contributed by atoms with Crippen LogP contribution in [-0.2, 0) is 6.42 Å². The normalized spacial score (nSPS) is 25.5. The Kier molecular flexibility index (Phi) is 3.82. The molecule has 1 fully saturated rings. The molecule has 0 aromatic carbocycles. The molecule has 2 nitrogen and oxygen atoms in total. The molecule has 1 aromatic rings. The van der Waals surface area contributed by atoms with Gasteiger partial charge in [0.15, 0.2) is 0 Å². The van der Waals surface area contributed by atoms with E-state index in [-0.39, 0.29) is 6.04 Å². The first-order chi connectivity index (χ1) is 8.09. The van der Waals surface area contributed by atoms with Gasteiger partial charge in [-0.3, -0.25) is 4.98 Å². The Bertz CT molecular complexity index is 345. The molecule has 1 aliphatic rings. The summed E-state index contributed by atoms with van der Waals surface area (Å²) < 4.78 is 0. The first kappa shape index (κ1) is 12.6. The van der Waals surface area contributed by atoms with Crippen LogP contribution in [0.25, 0.3) is 0 Å². The summed E-state index contributed by atoms with van der Waals surface area (Å²) in [6, 6.07) is 6.33. The van der Waals surface area contributed by atoms with Crippen LogP contribution in [0.3, 0.4) is 0 Å². The Hall–Kier alpha value is -0.890. The molecular formula is C15H24N2. The van der Waals surface area contributed by atoms with Crippen LogP contribution < -0.4 is 5.73 Å². The van der Waals surface area contributed by atoms with Gasteiger partial charge in [-0.05, 0) is 36.3 Å². The molecule has 2 atom stereocenters. The van der Waals surface area contributed by atoms with Gasteiger partial charge in [-0.2, -0.15) is 0 Å². The molecule has 1 saturated carbocycles. The SMILES string of the molecule is CC1(C)CCCCC1C(N)Cc1ccccn1. The number of nitrogens with zero attached hydrogens (tertiary/aromatic N) is 1. The molecule has 2 N–H and O–H groups in total. The van der Waals surface area contributed by atoms with Crippen LogP contribution in [0.1, 0.15) is 45.2 Å². The third-order valence-corrected chi connectivity index (χ3v) is 4.28. The fourth-order valence-corrected chi connectivity index (χ4v) is 3.22. The predicted octanol–water partition coefficient (Wildman–Crippen LogP) is 3.17. The van der Waals surface area contributed by atoms with Crippen molar-refractivity contribution in [2.24, 2.45) is 17.1 Å². The molecule has 2 unspecified atom stereocenters. The Balaban J connectivity index is 2.02. The zero-order chi connectivity index (χ0) is 12.3. The molecule has 0 amide bonds. The van der Waals surface area contributed by atoms with Crippen LogP contribution in [0.5, 0.6) is 0 Å². The van der Waals surface area contributed by atoms with Crippen molar-refractivity contribution in [3.05, 3.63) is 30.1 Å². The number of aromatic nitrogens is 1. The molecular weight excluding hydrogens is 208 g/mol. The largest absolute Gasteiger partial charge is 0.327 e.